The second-order valence-electron chi connectivity index (χ2n) is 4.76. The molecular formula is C14H16ClN3O2. The van der Waals surface area contributed by atoms with Crippen molar-refractivity contribution in [3.8, 4) is 17.0 Å². The summed E-state index contributed by atoms with van der Waals surface area (Å²) in [6.07, 6.45) is 0. The van der Waals surface area contributed by atoms with Crippen LogP contribution in [0.25, 0.3) is 11.1 Å². The van der Waals surface area contributed by atoms with E-state index >= 15 is 0 Å². The number of aromatic hydroxyl groups is 1. The topological polar surface area (TPSA) is 78.0 Å². The van der Waals surface area contributed by atoms with Gasteiger partial charge in [0.25, 0.3) is 5.56 Å². The van der Waals surface area contributed by atoms with Crippen LogP contribution in [0.1, 0.15) is 19.7 Å². The molecule has 0 unspecified atom stereocenters. The molecule has 0 spiro atoms. The number of benzene rings is 1. The largest absolute Gasteiger partial charge is 0.493 e. The lowest BCUT2D eigenvalue weighted by atomic mass is 10.1. The van der Waals surface area contributed by atoms with Crippen molar-refractivity contribution in [1.29, 1.82) is 0 Å². The fourth-order valence-electron chi connectivity index (χ4n) is 1.80. The fourth-order valence-corrected chi connectivity index (χ4v) is 1.99. The van der Waals surface area contributed by atoms with E-state index in [0.717, 1.165) is 0 Å². The van der Waals surface area contributed by atoms with Gasteiger partial charge in [0.15, 0.2) is 0 Å². The Kier molecular flexibility index (Phi) is 4.42. The first-order valence-electron chi connectivity index (χ1n) is 6.29. The van der Waals surface area contributed by atoms with Gasteiger partial charge < -0.3 is 15.4 Å². The molecule has 0 saturated carbocycles. The average Bonchev–Trinajstić information content (AvgIpc) is 2.35. The van der Waals surface area contributed by atoms with Gasteiger partial charge in [0.1, 0.15) is 11.4 Å². The van der Waals surface area contributed by atoms with Crippen LogP contribution in [0.15, 0.2) is 29.1 Å². The van der Waals surface area contributed by atoms with Crippen LogP contribution in [-0.4, -0.2) is 21.1 Å². The van der Waals surface area contributed by atoms with Crippen LogP contribution in [0.3, 0.4) is 0 Å². The normalized spacial score (nSPS) is 11.0. The minimum atomic E-state index is -0.389. The van der Waals surface area contributed by atoms with Crippen LogP contribution >= 0.6 is 11.6 Å². The van der Waals surface area contributed by atoms with Crippen LogP contribution in [-0.2, 0) is 6.54 Å². The SMILES string of the molecule is CC(C)NCc1nc(O)c(-c2cccc(Cl)c2)c(=O)[nH]1. The Morgan fingerprint density at radius 3 is 2.80 bits per heavy atom. The quantitative estimate of drug-likeness (QED) is 0.808. The summed E-state index contributed by atoms with van der Waals surface area (Å²) in [7, 11) is 0. The highest BCUT2D eigenvalue weighted by atomic mass is 35.5. The predicted octanol–water partition coefficient (Wildman–Crippen LogP) is 2.29. The molecule has 0 bridgehead atoms. The molecule has 2 rings (SSSR count). The summed E-state index contributed by atoms with van der Waals surface area (Å²) in [6, 6.07) is 6.98. The van der Waals surface area contributed by atoms with Crippen molar-refractivity contribution < 1.29 is 5.11 Å². The van der Waals surface area contributed by atoms with Gasteiger partial charge in [0.05, 0.1) is 6.54 Å². The van der Waals surface area contributed by atoms with E-state index in [2.05, 4.69) is 15.3 Å². The molecule has 0 saturated heterocycles. The number of aromatic nitrogens is 2. The Morgan fingerprint density at radius 2 is 2.20 bits per heavy atom. The van der Waals surface area contributed by atoms with Gasteiger partial charge in [-0.2, -0.15) is 4.98 Å². The molecular weight excluding hydrogens is 278 g/mol. The number of halogens is 1. The van der Waals surface area contributed by atoms with Gasteiger partial charge >= 0.3 is 0 Å². The molecule has 1 aromatic carbocycles. The second-order valence-corrected chi connectivity index (χ2v) is 5.19. The molecule has 0 aliphatic carbocycles. The van der Waals surface area contributed by atoms with E-state index in [1.165, 1.54) is 0 Å². The molecule has 1 heterocycles. The lowest BCUT2D eigenvalue weighted by Crippen LogP contribution is -2.25. The zero-order chi connectivity index (χ0) is 14.7. The third-order valence-electron chi connectivity index (χ3n) is 2.74. The third kappa shape index (κ3) is 3.37. The van der Waals surface area contributed by atoms with Crippen molar-refractivity contribution in [3.05, 3.63) is 45.5 Å². The zero-order valence-electron chi connectivity index (χ0n) is 11.3. The van der Waals surface area contributed by atoms with Gasteiger partial charge in [-0.1, -0.05) is 37.6 Å². The minimum absolute atomic E-state index is 0.126. The molecule has 20 heavy (non-hydrogen) atoms. The van der Waals surface area contributed by atoms with E-state index in [9.17, 15) is 9.90 Å². The summed E-state index contributed by atoms with van der Waals surface area (Å²) in [6.45, 7) is 4.35. The first-order valence-corrected chi connectivity index (χ1v) is 6.66. The van der Waals surface area contributed by atoms with Crippen molar-refractivity contribution in [3.63, 3.8) is 0 Å². The molecule has 2 aromatic rings. The van der Waals surface area contributed by atoms with Crippen LogP contribution in [0.2, 0.25) is 5.02 Å². The second kappa shape index (κ2) is 6.07. The third-order valence-corrected chi connectivity index (χ3v) is 2.98. The highest BCUT2D eigenvalue weighted by Gasteiger charge is 2.13. The maximum absolute atomic E-state index is 12.1. The zero-order valence-corrected chi connectivity index (χ0v) is 12.0. The summed E-state index contributed by atoms with van der Waals surface area (Å²) in [5, 5.41) is 13.6. The summed E-state index contributed by atoms with van der Waals surface area (Å²) in [4.78, 5) is 18.8. The maximum atomic E-state index is 12.1. The van der Waals surface area contributed by atoms with E-state index in [-0.39, 0.29) is 23.0 Å². The van der Waals surface area contributed by atoms with Crippen molar-refractivity contribution >= 4 is 11.6 Å². The molecule has 0 atom stereocenters. The van der Waals surface area contributed by atoms with Crippen LogP contribution in [0, 0.1) is 0 Å². The molecule has 1 aromatic heterocycles. The number of rotatable bonds is 4. The molecule has 0 aliphatic heterocycles. The summed E-state index contributed by atoms with van der Waals surface area (Å²) >= 11 is 5.89. The highest BCUT2D eigenvalue weighted by molar-refractivity contribution is 6.30. The molecule has 5 nitrogen and oxygen atoms in total. The van der Waals surface area contributed by atoms with Gasteiger partial charge in [-0.25, -0.2) is 0 Å². The molecule has 3 N–H and O–H groups in total. The first-order chi connectivity index (χ1) is 9.47. The van der Waals surface area contributed by atoms with E-state index in [1.807, 2.05) is 13.8 Å². The monoisotopic (exact) mass is 293 g/mol. The molecule has 0 fully saturated rings. The lowest BCUT2D eigenvalue weighted by molar-refractivity contribution is 0.446. The van der Waals surface area contributed by atoms with Gasteiger partial charge in [-0.15, -0.1) is 0 Å². The number of hydrogen-bond acceptors (Lipinski definition) is 4. The number of aromatic amines is 1. The molecule has 6 heteroatoms. The molecule has 0 amide bonds. The molecule has 0 radical (unpaired) electrons. The van der Waals surface area contributed by atoms with Gasteiger partial charge in [0, 0.05) is 11.1 Å². The number of H-pyrrole nitrogens is 1. The Morgan fingerprint density at radius 1 is 1.45 bits per heavy atom. The van der Waals surface area contributed by atoms with Crippen molar-refractivity contribution in [2.45, 2.75) is 26.4 Å². The van der Waals surface area contributed by atoms with E-state index in [4.69, 9.17) is 11.6 Å². The Labute approximate surface area is 121 Å². The minimum Gasteiger partial charge on any atom is -0.493 e. The van der Waals surface area contributed by atoms with Crippen LogP contribution in [0.4, 0.5) is 0 Å². The van der Waals surface area contributed by atoms with Crippen molar-refractivity contribution in [2.24, 2.45) is 0 Å². The summed E-state index contributed by atoms with van der Waals surface area (Å²) in [5.41, 5.74) is 0.272. The summed E-state index contributed by atoms with van der Waals surface area (Å²) < 4.78 is 0. The first kappa shape index (κ1) is 14.6. The number of nitrogens with one attached hydrogen (secondary N) is 2. The maximum Gasteiger partial charge on any atom is 0.262 e. The summed E-state index contributed by atoms with van der Waals surface area (Å²) in [5.74, 6) is 0.101. The van der Waals surface area contributed by atoms with Gasteiger partial charge in [-0.05, 0) is 17.7 Å². The lowest BCUT2D eigenvalue weighted by Gasteiger charge is -2.09. The standard InChI is InChI=1S/C14H16ClN3O2/c1-8(2)16-7-11-17-13(19)12(14(20)18-11)9-4-3-5-10(15)6-9/h3-6,8,16H,7H2,1-2H3,(H2,17,18,19,20). The van der Waals surface area contributed by atoms with E-state index < -0.39 is 0 Å². The average molecular weight is 294 g/mol. The van der Waals surface area contributed by atoms with Crippen molar-refractivity contribution in [1.82, 2.24) is 15.3 Å². The van der Waals surface area contributed by atoms with Gasteiger partial charge in [0.2, 0.25) is 5.88 Å². The van der Waals surface area contributed by atoms with Crippen LogP contribution < -0.4 is 10.9 Å². The van der Waals surface area contributed by atoms with Crippen molar-refractivity contribution in [2.75, 3.05) is 0 Å². The highest BCUT2D eigenvalue weighted by Crippen LogP contribution is 2.25. The molecule has 0 aliphatic rings. The van der Waals surface area contributed by atoms with E-state index in [1.54, 1.807) is 24.3 Å². The fraction of sp³-hybridized carbons (Fsp3) is 0.286. The Hall–Kier alpha value is -1.85. The van der Waals surface area contributed by atoms with Crippen LogP contribution in [0.5, 0.6) is 5.88 Å². The Balaban J connectivity index is 2.39. The smallest absolute Gasteiger partial charge is 0.262 e. The van der Waals surface area contributed by atoms with E-state index in [0.29, 0.717) is 23.0 Å². The molecule has 106 valence electrons. The Bertz CT molecular complexity index is 668. The van der Waals surface area contributed by atoms with Gasteiger partial charge in [-0.3, -0.25) is 4.79 Å². The number of nitrogens with zero attached hydrogens (tertiary/aromatic N) is 1. The predicted molar refractivity (Wildman–Crippen MR) is 78.9 cm³/mol. The number of hydrogen-bond donors (Lipinski definition) is 3.